The van der Waals surface area contributed by atoms with Crippen LogP contribution in [0.5, 0.6) is 0 Å². The Hall–Kier alpha value is -0.930. The molecule has 0 aromatic heterocycles. The lowest BCUT2D eigenvalue weighted by Gasteiger charge is -2.34. The molecule has 3 heteroatoms. The number of rotatable bonds is 7. The minimum absolute atomic E-state index is 0.0191. The quantitative estimate of drug-likeness (QED) is 0.807. The van der Waals surface area contributed by atoms with Crippen LogP contribution in [0, 0.1) is 11.2 Å². The summed E-state index contributed by atoms with van der Waals surface area (Å²) in [6.07, 6.45) is 1.93. The third-order valence-corrected chi connectivity index (χ3v) is 3.81. The number of hydrogen-bond acceptors (Lipinski definition) is 2. The minimum atomic E-state index is -0.201. The van der Waals surface area contributed by atoms with Crippen LogP contribution in [0.3, 0.4) is 0 Å². The number of aliphatic hydroxyl groups is 1. The SMILES string of the molecule is CCC(CC)(CO)CN(C)Cc1ccc(F)cc1. The van der Waals surface area contributed by atoms with Gasteiger partial charge in [-0.3, -0.25) is 0 Å². The van der Waals surface area contributed by atoms with Gasteiger partial charge in [-0.25, -0.2) is 4.39 Å². The van der Waals surface area contributed by atoms with E-state index in [1.54, 1.807) is 0 Å². The first kappa shape index (κ1) is 15.1. The highest BCUT2D eigenvalue weighted by Gasteiger charge is 2.26. The van der Waals surface area contributed by atoms with E-state index in [1.807, 2.05) is 19.2 Å². The van der Waals surface area contributed by atoms with Crippen LogP contribution in [0.25, 0.3) is 0 Å². The molecular formula is C15H24FNO. The standard InChI is InChI=1S/C15H24FNO/c1-4-15(5-2,12-18)11-17(3)10-13-6-8-14(16)9-7-13/h6-9,18H,4-5,10-12H2,1-3H3. The van der Waals surface area contributed by atoms with Gasteiger partial charge >= 0.3 is 0 Å². The molecule has 0 aliphatic heterocycles. The van der Waals surface area contributed by atoms with E-state index < -0.39 is 0 Å². The van der Waals surface area contributed by atoms with Crippen LogP contribution in [0.4, 0.5) is 4.39 Å². The molecule has 0 saturated carbocycles. The van der Waals surface area contributed by atoms with Crippen LogP contribution < -0.4 is 0 Å². The number of nitrogens with zero attached hydrogens (tertiary/aromatic N) is 1. The molecule has 1 aromatic carbocycles. The maximum Gasteiger partial charge on any atom is 0.123 e. The summed E-state index contributed by atoms with van der Waals surface area (Å²) in [6, 6.07) is 6.60. The van der Waals surface area contributed by atoms with Gasteiger partial charge in [-0.15, -0.1) is 0 Å². The van der Waals surface area contributed by atoms with Crippen molar-refractivity contribution in [2.24, 2.45) is 5.41 Å². The third-order valence-electron chi connectivity index (χ3n) is 3.81. The molecule has 0 spiro atoms. The largest absolute Gasteiger partial charge is 0.396 e. The Bertz CT molecular complexity index is 338. The van der Waals surface area contributed by atoms with Crippen LogP contribution >= 0.6 is 0 Å². The van der Waals surface area contributed by atoms with Gasteiger partial charge in [0.25, 0.3) is 0 Å². The van der Waals surface area contributed by atoms with Crippen molar-refractivity contribution in [3.63, 3.8) is 0 Å². The number of aliphatic hydroxyl groups excluding tert-OH is 1. The summed E-state index contributed by atoms with van der Waals surface area (Å²) >= 11 is 0. The molecular weight excluding hydrogens is 229 g/mol. The Morgan fingerprint density at radius 3 is 2.17 bits per heavy atom. The van der Waals surface area contributed by atoms with Gasteiger partial charge in [0.05, 0.1) is 0 Å². The number of hydrogen-bond donors (Lipinski definition) is 1. The molecule has 0 unspecified atom stereocenters. The predicted octanol–water partition coefficient (Wildman–Crippen LogP) is 3.06. The van der Waals surface area contributed by atoms with Crippen LogP contribution in [0.1, 0.15) is 32.3 Å². The van der Waals surface area contributed by atoms with Crippen molar-refractivity contribution in [2.45, 2.75) is 33.2 Å². The lowest BCUT2D eigenvalue weighted by Crippen LogP contribution is -2.37. The molecule has 2 nitrogen and oxygen atoms in total. The molecule has 102 valence electrons. The van der Waals surface area contributed by atoms with E-state index in [-0.39, 0.29) is 17.8 Å². The van der Waals surface area contributed by atoms with Crippen molar-refractivity contribution in [3.8, 4) is 0 Å². The second-order valence-electron chi connectivity index (χ2n) is 5.16. The van der Waals surface area contributed by atoms with Gasteiger partial charge in [-0.2, -0.15) is 0 Å². The molecule has 0 aliphatic carbocycles. The summed E-state index contributed by atoms with van der Waals surface area (Å²) in [6.45, 7) is 6.08. The minimum Gasteiger partial charge on any atom is -0.396 e. The summed E-state index contributed by atoms with van der Waals surface area (Å²) in [5.74, 6) is -0.201. The van der Waals surface area contributed by atoms with Gasteiger partial charge in [0, 0.05) is 25.1 Å². The summed E-state index contributed by atoms with van der Waals surface area (Å²) in [5, 5.41) is 9.55. The van der Waals surface area contributed by atoms with Crippen LogP contribution in [-0.2, 0) is 6.54 Å². The van der Waals surface area contributed by atoms with Gasteiger partial charge in [-0.05, 0) is 37.6 Å². The van der Waals surface area contributed by atoms with Gasteiger partial charge in [-0.1, -0.05) is 26.0 Å². The highest BCUT2D eigenvalue weighted by atomic mass is 19.1. The average molecular weight is 253 g/mol. The molecule has 0 saturated heterocycles. The average Bonchev–Trinajstić information content (AvgIpc) is 2.39. The Labute approximate surface area is 109 Å². The van der Waals surface area contributed by atoms with Gasteiger partial charge in [0.2, 0.25) is 0 Å². The zero-order valence-corrected chi connectivity index (χ0v) is 11.6. The molecule has 0 aliphatic rings. The summed E-state index contributed by atoms with van der Waals surface area (Å²) in [4.78, 5) is 2.19. The monoisotopic (exact) mass is 253 g/mol. The number of benzene rings is 1. The van der Waals surface area contributed by atoms with E-state index in [2.05, 4.69) is 18.7 Å². The summed E-state index contributed by atoms with van der Waals surface area (Å²) in [5.41, 5.74) is 1.08. The second kappa shape index (κ2) is 6.86. The van der Waals surface area contributed by atoms with E-state index in [0.29, 0.717) is 0 Å². The second-order valence-corrected chi connectivity index (χ2v) is 5.16. The molecule has 1 rings (SSSR count). The Kier molecular flexibility index (Phi) is 5.76. The van der Waals surface area contributed by atoms with Gasteiger partial charge < -0.3 is 10.0 Å². The fraction of sp³-hybridized carbons (Fsp3) is 0.600. The van der Waals surface area contributed by atoms with Crippen LogP contribution in [0.2, 0.25) is 0 Å². The molecule has 1 N–H and O–H groups in total. The Morgan fingerprint density at radius 2 is 1.72 bits per heavy atom. The molecule has 0 bridgehead atoms. The van der Waals surface area contributed by atoms with Crippen molar-refractivity contribution in [2.75, 3.05) is 20.2 Å². The zero-order chi connectivity index (χ0) is 13.6. The van der Waals surface area contributed by atoms with Crippen molar-refractivity contribution in [1.29, 1.82) is 0 Å². The molecule has 1 aromatic rings. The molecule has 0 heterocycles. The van der Waals surface area contributed by atoms with Crippen molar-refractivity contribution in [3.05, 3.63) is 35.6 Å². The first-order valence-electron chi connectivity index (χ1n) is 6.59. The Balaban J connectivity index is 2.60. The van der Waals surface area contributed by atoms with E-state index in [4.69, 9.17) is 0 Å². The van der Waals surface area contributed by atoms with Gasteiger partial charge in [0.1, 0.15) is 5.82 Å². The predicted molar refractivity (Wildman–Crippen MR) is 72.8 cm³/mol. The van der Waals surface area contributed by atoms with Crippen molar-refractivity contribution >= 4 is 0 Å². The molecule has 0 fully saturated rings. The maximum atomic E-state index is 12.8. The first-order chi connectivity index (χ1) is 8.55. The Morgan fingerprint density at radius 1 is 1.17 bits per heavy atom. The van der Waals surface area contributed by atoms with Gasteiger partial charge in [0.15, 0.2) is 0 Å². The van der Waals surface area contributed by atoms with Crippen molar-refractivity contribution < 1.29 is 9.50 Å². The maximum absolute atomic E-state index is 12.8. The summed E-state index contributed by atoms with van der Waals surface area (Å²) < 4.78 is 12.8. The van der Waals surface area contributed by atoms with Crippen LogP contribution in [-0.4, -0.2) is 30.2 Å². The third kappa shape index (κ3) is 4.07. The molecule has 0 atom stereocenters. The van der Waals surface area contributed by atoms with E-state index in [1.165, 1.54) is 12.1 Å². The highest BCUT2D eigenvalue weighted by Crippen LogP contribution is 2.26. The fourth-order valence-corrected chi connectivity index (χ4v) is 2.28. The first-order valence-corrected chi connectivity index (χ1v) is 6.59. The molecule has 18 heavy (non-hydrogen) atoms. The van der Waals surface area contributed by atoms with Crippen molar-refractivity contribution in [1.82, 2.24) is 4.90 Å². The van der Waals surface area contributed by atoms with Crippen LogP contribution in [0.15, 0.2) is 24.3 Å². The number of halogens is 1. The smallest absolute Gasteiger partial charge is 0.123 e. The lowest BCUT2D eigenvalue weighted by atomic mass is 9.83. The zero-order valence-electron chi connectivity index (χ0n) is 11.6. The van der Waals surface area contributed by atoms with E-state index >= 15 is 0 Å². The summed E-state index contributed by atoms with van der Waals surface area (Å²) in [7, 11) is 2.04. The lowest BCUT2D eigenvalue weighted by molar-refractivity contribution is 0.0731. The molecule has 0 radical (unpaired) electrons. The molecule has 0 amide bonds. The van der Waals surface area contributed by atoms with E-state index in [0.717, 1.165) is 31.5 Å². The van der Waals surface area contributed by atoms with E-state index in [9.17, 15) is 9.50 Å². The topological polar surface area (TPSA) is 23.5 Å². The fourth-order valence-electron chi connectivity index (χ4n) is 2.28. The normalized spacial score (nSPS) is 12.1. The highest BCUT2D eigenvalue weighted by molar-refractivity contribution is 5.15.